The molecule has 0 bridgehead atoms. The van der Waals surface area contributed by atoms with Crippen molar-refractivity contribution >= 4 is 40.8 Å². The van der Waals surface area contributed by atoms with Gasteiger partial charge in [0.2, 0.25) is 9.74 Å². The molecule has 1 fully saturated rings. The van der Waals surface area contributed by atoms with Crippen LogP contribution < -0.4 is 5.32 Å². The van der Waals surface area contributed by atoms with Crippen molar-refractivity contribution in [3.8, 4) is 11.4 Å². The molecule has 1 atom stereocenters. The lowest BCUT2D eigenvalue weighted by atomic mass is 10.1. The van der Waals surface area contributed by atoms with Crippen molar-refractivity contribution in [2.75, 3.05) is 25.5 Å². The van der Waals surface area contributed by atoms with E-state index in [0.717, 1.165) is 30.6 Å². The van der Waals surface area contributed by atoms with Gasteiger partial charge in [-0.05, 0) is 45.3 Å². The fraction of sp³-hybridized carbons (Fsp3) is 0.500. The molecule has 1 unspecified atom stereocenters. The molecule has 0 radical (unpaired) electrons. The molecular formula is C18H22Cl3N5. The zero-order chi connectivity index (χ0) is 18.7. The highest BCUT2D eigenvalue weighted by Gasteiger charge is 2.29. The van der Waals surface area contributed by atoms with Gasteiger partial charge in [0.05, 0.1) is 0 Å². The minimum absolute atomic E-state index is 0.122. The fourth-order valence-electron chi connectivity index (χ4n) is 3.22. The SMILES string of the molecule is Cc1ccccc1-c1nc(NCCC2CCCN2C)nc(C(Cl)(Cl)Cl)n1. The molecule has 1 aliphatic rings. The van der Waals surface area contributed by atoms with Gasteiger partial charge in [-0.1, -0.05) is 59.1 Å². The molecule has 2 heterocycles. The maximum atomic E-state index is 6.03. The summed E-state index contributed by atoms with van der Waals surface area (Å²) in [6.07, 6.45) is 3.50. The van der Waals surface area contributed by atoms with Gasteiger partial charge in [0.25, 0.3) is 0 Å². The van der Waals surface area contributed by atoms with Crippen molar-refractivity contribution < 1.29 is 0 Å². The zero-order valence-corrected chi connectivity index (χ0v) is 17.1. The first-order chi connectivity index (χ1) is 12.3. The number of aromatic nitrogens is 3. The van der Waals surface area contributed by atoms with E-state index in [-0.39, 0.29) is 5.82 Å². The van der Waals surface area contributed by atoms with Crippen LogP contribution in [-0.4, -0.2) is 46.0 Å². The largest absolute Gasteiger partial charge is 0.354 e. The van der Waals surface area contributed by atoms with Crippen LogP contribution in [0.1, 0.15) is 30.7 Å². The van der Waals surface area contributed by atoms with E-state index in [2.05, 4.69) is 32.2 Å². The summed E-state index contributed by atoms with van der Waals surface area (Å²) in [7, 11) is 2.16. The van der Waals surface area contributed by atoms with Crippen LogP contribution in [0.3, 0.4) is 0 Å². The quantitative estimate of drug-likeness (QED) is 0.726. The average molecular weight is 415 g/mol. The second-order valence-electron chi connectivity index (χ2n) is 6.61. The predicted molar refractivity (Wildman–Crippen MR) is 108 cm³/mol. The van der Waals surface area contributed by atoms with Gasteiger partial charge in [0.15, 0.2) is 11.6 Å². The van der Waals surface area contributed by atoms with Crippen LogP contribution in [0, 0.1) is 6.92 Å². The van der Waals surface area contributed by atoms with Crippen molar-refractivity contribution in [2.45, 2.75) is 36.0 Å². The Morgan fingerprint density at radius 3 is 2.62 bits per heavy atom. The molecule has 0 amide bonds. The zero-order valence-electron chi connectivity index (χ0n) is 14.8. The third-order valence-corrected chi connectivity index (χ3v) is 5.21. The summed E-state index contributed by atoms with van der Waals surface area (Å²) in [5.41, 5.74) is 1.94. The summed E-state index contributed by atoms with van der Waals surface area (Å²) in [6.45, 7) is 3.91. The van der Waals surface area contributed by atoms with Gasteiger partial charge >= 0.3 is 0 Å². The van der Waals surface area contributed by atoms with Crippen LogP contribution in [0.25, 0.3) is 11.4 Å². The van der Waals surface area contributed by atoms with Crippen LogP contribution in [0.4, 0.5) is 5.95 Å². The predicted octanol–water partition coefficient (Wildman–Crippen LogP) is 4.57. The van der Waals surface area contributed by atoms with Crippen molar-refractivity contribution in [1.29, 1.82) is 0 Å². The first-order valence-electron chi connectivity index (χ1n) is 8.68. The molecule has 1 saturated heterocycles. The number of hydrogen-bond acceptors (Lipinski definition) is 5. The molecule has 3 rings (SSSR count). The number of nitrogens with zero attached hydrogens (tertiary/aromatic N) is 4. The molecule has 5 nitrogen and oxygen atoms in total. The van der Waals surface area contributed by atoms with Crippen LogP contribution in [0.2, 0.25) is 0 Å². The number of alkyl halides is 3. The standard InChI is InChI=1S/C18H22Cl3N5/c1-12-6-3-4-8-14(12)15-23-16(18(19,20)21)25-17(24-15)22-10-9-13-7-5-11-26(13)2/h3-4,6,8,13H,5,7,9-11H2,1-2H3,(H,22,23,24,25). The van der Waals surface area contributed by atoms with Crippen molar-refractivity contribution in [3.05, 3.63) is 35.7 Å². The van der Waals surface area contributed by atoms with E-state index >= 15 is 0 Å². The molecule has 8 heteroatoms. The molecule has 140 valence electrons. The Kier molecular flexibility index (Phi) is 6.23. The summed E-state index contributed by atoms with van der Waals surface area (Å²) in [4.78, 5) is 15.6. The summed E-state index contributed by atoms with van der Waals surface area (Å²) in [5.74, 6) is 1.05. The van der Waals surface area contributed by atoms with Crippen LogP contribution in [0.5, 0.6) is 0 Å². The van der Waals surface area contributed by atoms with E-state index in [1.54, 1.807) is 0 Å². The average Bonchev–Trinajstić information content (AvgIpc) is 2.99. The van der Waals surface area contributed by atoms with Gasteiger partial charge in [-0.25, -0.2) is 4.98 Å². The molecule has 0 saturated carbocycles. The van der Waals surface area contributed by atoms with Gasteiger partial charge in [-0.15, -0.1) is 0 Å². The van der Waals surface area contributed by atoms with Gasteiger partial charge in [-0.3, -0.25) is 0 Å². The molecule has 1 N–H and O–H groups in total. The molecular weight excluding hydrogens is 393 g/mol. The van der Waals surface area contributed by atoms with E-state index in [4.69, 9.17) is 34.8 Å². The summed E-state index contributed by atoms with van der Waals surface area (Å²) >= 11 is 18.1. The van der Waals surface area contributed by atoms with E-state index < -0.39 is 3.79 Å². The number of hydrogen-bond donors (Lipinski definition) is 1. The lowest BCUT2D eigenvalue weighted by Crippen LogP contribution is -2.27. The molecule has 26 heavy (non-hydrogen) atoms. The topological polar surface area (TPSA) is 53.9 Å². The number of likely N-dealkylation sites (tertiary alicyclic amines) is 1. The van der Waals surface area contributed by atoms with E-state index in [1.165, 1.54) is 12.8 Å². The van der Waals surface area contributed by atoms with Crippen molar-refractivity contribution in [2.24, 2.45) is 0 Å². The first kappa shape index (κ1) is 19.6. The fourth-order valence-corrected chi connectivity index (χ4v) is 3.47. The summed E-state index contributed by atoms with van der Waals surface area (Å²) in [5, 5.41) is 3.27. The Labute approximate surface area is 169 Å². The lowest BCUT2D eigenvalue weighted by molar-refractivity contribution is 0.301. The second-order valence-corrected chi connectivity index (χ2v) is 8.89. The molecule has 1 aliphatic heterocycles. The number of benzene rings is 1. The molecule has 0 aliphatic carbocycles. The van der Waals surface area contributed by atoms with Crippen molar-refractivity contribution in [1.82, 2.24) is 19.9 Å². The number of nitrogens with one attached hydrogen (secondary N) is 1. The number of aryl methyl sites for hydroxylation is 1. The lowest BCUT2D eigenvalue weighted by Gasteiger charge is -2.19. The van der Waals surface area contributed by atoms with Gasteiger partial charge in [-0.2, -0.15) is 9.97 Å². The Bertz CT molecular complexity index is 763. The molecule has 1 aromatic heterocycles. The Morgan fingerprint density at radius 1 is 1.19 bits per heavy atom. The minimum atomic E-state index is -1.71. The maximum Gasteiger partial charge on any atom is 0.250 e. The van der Waals surface area contributed by atoms with Crippen LogP contribution >= 0.6 is 34.8 Å². The summed E-state index contributed by atoms with van der Waals surface area (Å²) < 4.78 is -1.71. The third-order valence-electron chi connectivity index (χ3n) is 4.71. The highest BCUT2D eigenvalue weighted by molar-refractivity contribution is 6.66. The summed E-state index contributed by atoms with van der Waals surface area (Å²) in [6, 6.07) is 8.44. The smallest absolute Gasteiger partial charge is 0.250 e. The Morgan fingerprint density at radius 2 is 1.96 bits per heavy atom. The van der Waals surface area contributed by atoms with Gasteiger partial charge in [0.1, 0.15) is 0 Å². The van der Waals surface area contributed by atoms with Gasteiger partial charge < -0.3 is 10.2 Å². The highest BCUT2D eigenvalue weighted by atomic mass is 35.6. The normalized spacial score (nSPS) is 18.3. The number of rotatable bonds is 5. The van der Waals surface area contributed by atoms with Crippen molar-refractivity contribution in [3.63, 3.8) is 0 Å². The van der Waals surface area contributed by atoms with E-state index in [1.807, 2.05) is 31.2 Å². The number of anilines is 1. The monoisotopic (exact) mass is 413 g/mol. The maximum absolute atomic E-state index is 6.03. The van der Waals surface area contributed by atoms with Crippen LogP contribution in [0.15, 0.2) is 24.3 Å². The Balaban J connectivity index is 1.82. The van der Waals surface area contributed by atoms with E-state index in [0.29, 0.717) is 17.8 Å². The van der Waals surface area contributed by atoms with Crippen LogP contribution in [-0.2, 0) is 3.79 Å². The Hall–Kier alpha value is -1.14. The number of halogens is 3. The third kappa shape index (κ3) is 4.77. The molecule has 0 spiro atoms. The highest BCUT2D eigenvalue weighted by Crippen LogP contribution is 2.37. The first-order valence-corrected chi connectivity index (χ1v) is 9.81. The molecule has 2 aromatic rings. The second kappa shape index (κ2) is 8.26. The van der Waals surface area contributed by atoms with Gasteiger partial charge in [0, 0.05) is 18.2 Å². The molecule has 1 aromatic carbocycles. The van der Waals surface area contributed by atoms with E-state index in [9.17, 15) is 0 Å². The minimum Gasteiger partial charge on any atom is -0.354 e.